The SMILES string of the molecule is CCc1nn(-c2nc(Cl)nc3nc[nH]c23)c2ccccc12. The Labute approximate surface area is 124 Å². The van der Waals surface area contributed by atoms with Crippen molar-refractivity contribution in [2.75, 3.05) is 0 Å². The van der Waals surface area contributed by atoms with E-state index in [1.54, 1.807) is 11.0 Å². The van der Waals surface area contributed by atoms with Crippen LogP contribution >= 0.6 is 11.6 Å². The second-order valence-electron chi connectivity index (χ2n) is 4.65. The molecule has 4 aromatic rings. The number of imidazole rings is 1. The van der Waals surface area contributed by atoms with Gasteiger partial charge in [-0.15, -0.1) is 0 Å². The highest BCUT2D eigenvalue weighted by Gasteiger charge is 2.16. The van der Waals surface area contributed by atoms with Crippen molar-refractivity contribution in [1.29, 1.82) is 0 Å². The fourth-order valence-corrected chi connectivity index (χ4v) is 2.66. The number of hydrogen-bond donors (Lipinski definition) is 1. The number of H-pyrrole nitrogens is 1. The van der Waals surface area contributed by atoms with Crippen molar-refractivity contribution < 1.29 is 0 Å². The van der Waals surface area contributed by atoms with E-state index < -0.39 is 0 Å². The molecule has 1 aromatic carbocycles. The van der Waals surface area contributed by atoms with Crippen LogP contribution in [0, 0.1) is 0 Å². The zero-order valence-electron chi connectivity index (χ0n) is 11.2. The minimum atomic E-state index is 0.155. The molecule has 0 saturated heterocycles. The number of hydrogen-bond acceptors (Lipinski definition) is 4. The fraction of sp³-hybridized carbons (Fsp3) is 0.143. The van der Waals surface area contributed by atoms with Crippen LogP contribution in [0.15, 0.2) is 30.6 Å². The zero-order valence-corrected chi connectivity index (χ0v) is 12.0. The predicted molar refractivity (Wildman–Crippen MR) is 80.7 cm³/mol. The van der Waals surface area contributed by atoms with Gasteiger partial charge in [0.25, 0.3) is 0 Å². The molecule has 104 valence electrons. The van der Waals surface area contributed by atoms with E-state index in [0.717, 1.165) is 28.5 Å². The maximum Gasteiger partial charge on any atom is 0.226 e. The molecule has 0 aliphatic rings. The summed E-state index contributed by atoms with van der Waals surface area (Å²) in [6.45, 7) is 2.08. The maximum absolute atomic E-state index is 6.01. The Morgan fingerprint density at radius 2 is 2.10 bits per heavy atom. The highest BCUT2D eigenvalue weighted by atomic mass is 35.5. The van der Waals surface area contributed by atoms with Gasteiger partial charge in [0.2, 0.25) is 5.28 Å². The topological polar surface area (TPSA) is 72.3 Å². The number of para-hydroxylation sites is 1. The summed E-state index contributed by atoms with van der Waals surface area (Å²) in [6.07, 6.45) is 2.42. The molecule has 0 saturated carbocycles. The fourth-order valence-electron chi connectivity index (χ4n) is 2.50. The number of aryl methyl sites for hydroxylation is 1. The highest BCUT2D eigenvalue weighted by molar-refractivity contribution is 6.28. The number of nitrogens with one attached hydrogen (secondary N) is 1. The summed E-state index contributed by atoms with van der Waals surface area (Å²) in [6, 6.07) is 8.06. The summed E-state index contributed by atoms with van der Waals surface area (Å²) in [4.78, 5) is 15.6. The van der Waals surface area contributed by atoms with Crippen molar-refractivity contribution in [3.8, 4) is 5.82 Å². The second-order valence-corrected chi connectivity index (χ2v) is 4.98. The molecule has 0 spiro atoms. The van der Waals surface area contributed by atoms with E-state index in [9.17, 15) is 0 Å². The van der Waals surface area contributed by atoms with Crippen LogP contribution < -0.4 is 0 Å². The van der Waals surface area contributed by atoms with Crippen LogP contribution in [0.2, 0.25) is 5.28 Å². The van der Waals surface area contributed by atoms with Gasteiger partial charge in [0.15, 0.2) is 11.5 Å². The van der Waals surface area contributed by atoms with Gasteiger partial charge in [-0.3, -0.25) is 0 Å². The van der Waals surface area contributed by atoms with Gasteiger partial charge in [0, 0.05) is 5.39 Å². The van der Waals surface area contributed by atoms with Gasteiger partial charge in [0.1, 0.15) is 5.52 Å². The van der Waals surface area contributed by atoms with Gasteiger partial charge in [-0.25, -0.2) is 9.67 Å². The van der Waals surface area contributed by atoms with E-state index in [1.165, 1.54) is 0 Å². The average Bonchev–Trinajstić information content (AvgIpc) is 3.10. The lowest BCUT2D eigenvalue weighted by Crippen LogP contribution is -2.03. The quantitative estimate of drug-likeness (QED) is 0.578. The number of nitrogens with zero attached hydrogens (tertiary/aromatic N) is 5. The Morgan fingerprint density at radius 3 is 2.95 bits per heavy atom. The first kappa shape index (κ1) is 12.3. The van der Waals surface area contributed by atoms with E-state index in [4.69, 9.17) is 11.6 Å². The second kappa shape index (κ2) is 4.53. The zero-order chi connectivity index (χ0) is 14.4. The molecule has 0 amide bonds. The van der Waals surface area contributed by atoms with E-state index in [1.807, 2.05) is 18.2 Å². The van der Waals surface area contributed by atoms with E-state index in [2.05, 4.69) is 38.0 Å². The Bertz CT molecular complexity index is 955. The molecule has 4 rings (SSSR count). The van der Waals surface area contributed by atoms with Crippen LogP contribution in [0.3, 0.4) is 0 Å². The average molecular weight is 299 g/mol. The third kappa shape index (κ3) is 1.80. The normalized spacial score (nSPS) is 11.5. The monoisotopic (exact) mass is 298 g/mol. The van der Waals surface area contributed by atoms with Crippen molar-refractivity contribution in [3.63, 3.8) is 0 Å². The number of halogens is 1. The molecule has 0 aliphatic heterocycles. The smallest absolute Gasteiger partial charge is 0.226 e. The van der Waals surface area contributed by atoms with Crippen molar-refractivity contribution in [1.82, 2.24) is 29.7 Å². The first-order valence-corrected chi connectivity index (χ1v) is 6.99. The number of aromatic amines is 1. The molecule has 0 aliphatic carbocycles. The maximum atomic E-state index is 6.01. The molecule has 0 bridgehead atoms. The minimum Gasteiger partial charge on any atom is -0.340 e. The Balaban J connectivity index is 2.11. The molecule has 7 heteroatoms. The Hall–Kier alpha value is -2.47. The molecule has 21 heavy (non-hydrogen) atoms. The lowest BCUT2D eigenvalue weighted by molar-refractivity contribution is 0.839. The van der Waals surface area contributed by atoms with Gasteiger partial charge >= 0.3 is 0 Å². The molecule has 0 radical (unpaired) electrons. The number of rotatable bonds is 2. The molecule has 3 aromatic heterocycles. The molecule has 6 nitrogen and oxygen atoms in total. The van der Waals surface area contributed by atoms with Gasteiger partial charge in [0.05, 0.1) is 17.5 Å². The Kier molecular flexibility index (Phi) is 2.65. The summed E-state index contributed by atoms with van der Waals surface area (Å²) in [5.74, 6) is 0.610. The Morgan fingerprint density at radius 1 is 1.24 bits per heavy atom. The third-order valence-corrected chi connectivity index (χ3v) is 3.61. The van der Waals surface area contributed by atoms with E-state index in [-0.39, 0.29) is 5.28 Å². The van der Waals surface area contributed by atoms with Gasteiger partial charge in [-0.05, 0) is 24.1 Å². The van der Waals surface area contributed by atoms with Crippen LogP contribution in [0.25, 0.3) is 27.9 Å². The van der Waals surface area contributed by atoms with Crippen LogP contribution in [0.5, 0.6) is 0 Å². The lowest BCUT2D eigenvalue weighted by atomic mass is 10.2. The number of aromatic nitrogens is 6. The summed E-state index contributed by atoms with van der Waals surface area (Å²) in [5, 5.41) is 5.94. The predicted octanol–water partition coefficient (Wildman–Crippen LogP) is 2.91. The summed E-state index contributed by atoms with van der Waals surface area (Å²) >= 11 is 6.01. The van der Waals surface area contributed by atoms with Gasteiger partial charge in [-0.1, -0.05) is 25.1 Å². The first-order valence-electron chi connectivity index (χ1n) is 6.61. The summed E-state index contributed by atoms with van der Waals surface area (Å²) in [7, 11) is 0. The van der Waals surface area contributed by atoms with Crippen molar-refractivity contribution in [2.24, 2.45) is 0 Å². The molecule has 0 fully saturated rings. The highest BCUT2D eigenvalue weighted by Crippen LogP contribution is 2.25. The largest absolute Gasteiger partial charge is 0.340 e. The molecule has 3 heterocycles. The molecular weight excluding hydrogens is 288 g/mol. The summed E-state index contributed by atoms with van der Waals surface area (Å²) in [5.41, 5.74) is 3.26. The van der Waals surface area contributed by atoms with Gasteiger partial charge < -0.3 is 4.98 Å². The first-order chi connectivity index (χ1) is 10.3. The van der Waals surface area contributed by atoms with Gasteiger partial charge in [-0.2, -0.15) is 15.1 Å². The van der Waals surface area contributed by atoms with E-state index in [0.29, 0.717) is 11.5 Å². The minimum absolute atomic E-state index is 0.155. The van der Waals surface area contributed by atoms with Crippen molar-refractivity contribution >= 4 is 33.7 Å². The standard InChI is InChI=1S/C14H11ClN6/c1-2-9-8-5-3-4-6-10(8)21(20-9)13-11-12(17-7-16-11)18-14(15)19-13/h3-7H,2H2,1H3,(H,16,17,18,19). The van der Waals surface area contributed by atoms with Crippen LogP contribution in [-0.4, -0.2) is 29.7 Å². The van der Waals surface area contributed by atoms with Crippen molar-refractivity contribution in [2.45, 2.75) is 13.3 Å². The molecule has 1 N–H and O–H groups in total. The number of fused-ring (bicyclic) bond motifs is 2. The molecule has 0 unspecified atom stereocenters. The lowest BCUT2D eigenvalue weighted by Gasteiger charge is -2.03. The summed E-state index contributed by atoms with van der Waals surface area (Å²) < 4.78 is 1.79. The molecular formula is C14H11ClN6. The van der Waals surface area contributed by atoms with Crippen LogP contribution in [-0.2, 0) is 6.42 Å². The van der Waals surface area contributed by atoms with Crippen molar-refractivity contribution in [3.05, 3.63) is 41.6 Å². The molecule has 0 atom stereocenters. The van der Waals surface area contributed by atoms with E-state index >= 15 is 0 Å². The van der Waals surface area contributed by atoms with Crippen LogP contribution in [0.4, 0.5) is 0 Å². The number of benzene rings is 1. The van der Waals surface area contributed by atoms with Crippen LogP contribution in [0.1, 0.15) is 12.6 Å². The third-order valence-electron chi connectivity index (χ3n) is 3.44.